The number of hydrogen-bond donors (Lipinski definition) is 1. The van der Waals surface area contributed by atoms with Gasteiger partial charge in [0.2, 0.25) is 5.88 Å². The minimum absolute atomic E-state index is 0.0850. The maximum absolute atomic E-state index is 13.8. The van der Waals surface area contributed by atoms with Crippen LogP contribution in [0.1, 0.15) is 68.8 Å². The first-order valence-corrected chi connectivity index (χ1v) is 15.5. The van der Waals surface area contributed by atoms with E-state index in [2.05, 4.69) is 30.2 Å². The number of fused-ring (bicyclic) bond motifs is 1. The fourth-order valence-electron chi connectivity index (χ4n) is 5.25. The summed E-state index contributed by atoms with van der Waals surface area (Å²) in [5.74, 6) is 1.66. The van der Waals surface area contributed by atoms with Crippen LogP contribution >= 0.6 is 0 Å². The third-order valence-corrected chi connectivity index (χ3v) is 10.3. The first-order valence-electron chi connectivity index (χ1n) is 14.0. The second-order valence-electron chi connectivity index (χ2n) is 11.1. The largest absolute Gasteiger partial charge is 0.480 e. The van der Waals surface area contributed by atoms with Crippen molar-refractivity contribution in [2.75, 3.05) is 12.4 Å². The molecule has 1 N–H and O–H groups in total. The summed E-state index contributed by atoms with van der Waals surface area (Å²) in [7, 11) is -1.75. The van der Waals surface area contributed by atoms with Crippen LogP contribution in [-0.2, 0) is 16.4 Å². The van der Waals surface area contributed by atoms with Gasteiger partial charge in [-0.25, -0.2) is 33.3 Å². The van der Waals surface area contributed by atoms with E-state index in [1.807, 2.05) is 6.92 Å². The first-order chi connectivity index (χ1) is 19.8. The topological polar surface area (TPSA) is 155 Å². The molecule has 0 aliphatic heterocycles. The lowest BCUT2D eigenvalue weighted by atomic mass is 10.1. The highest BCUT2D eigenvalue weighted by Crippen LogP contribution is 2.45. The van der Waals surface area contributed by atoms with Crippen molar-refractivity contribution in [3.63, 3.8) is 0 Å². The van der Waals surface area contributed by atoms with Gasteiger partial charge in [0.25, 0.3) is 5.56 Å². The molecule has 41 heavy (non-hydrogen) atoms. The molecule has 212 valence electrons. The summed E-state index contributed by atoms with van der Waals surface area (Å²) in [6.45, 7) is 2.24. The molecule has 0 spiro atoms. The van der Waals surface area contributed by atoms with E-state index in [1.54, 1.807) is 30.0 Å². The Labute approximate surface area is 236 Å². The van der Waals surface area contributed by atoms with E-state index >= 15 is 0 Å². The molecule has 3 fully saturated rings. The van der Waals surface area contributed by atoms with Crippen molar-refractivity contribution >= 4 is 26.8 Å². The van der Waals surface area contributed by atoms with Crippen LogP contribution < -0.4 is 15.6 Å². The van der Waals surface area contributed by atoms with Gasteiger partial charge < -0.3 is 10.1 Å². The van der Waals surface area contributed by atoms with Gasteiger partial charge in [-0.2, -0.15) is 0 Å². The Kier molecular flexibility index (Phi) is 6.21. The Morgan fingerprint density at radius 3 is 2.49 bits per heavy atom. The molecule has 7 rings (SSSR count). The third kappa shape index (κ3) is 4.81. The zero-order valence-electron chi connectivity index (χ0n) is 22.8. The average Bonchev–Trinajstić information content (AvgIpc) is 3.84. The highest BCUT2D eigenvalue weighted by molar-refractivity contribution is 7.92. The van der Waals surface area contributed by atoms with Crippen molar-refractivity contribution in [3.05, 3.63) is 52.6 Å². The van der Waals surface area contributed by atoms with E-state index in [-0.39, 0.29) is 34.1 Å². The Bertz CT molecular complexity index is 1810. The van der Waals surface area contributed by atoms with E-state index in [0.29, 0.717) is 58.8 Å². The maximum atomic E-state index is 13.8. The molecule has 3 aliphatic carbocycles. The van der Waals surface area contributed by atoms with Crippen molar-refractivity contribution in [2.45, 2.75) is 74.1 Å². The lowest BCUT2D eigenvalue weighted by Crippen LogP contribution is -2.29. The van der Waals surface area contributed by atoms with Crippen LogP contribution in [-0.4, -0.2) is 55.2 Å². The number of anilines is 1. The number of methoxy groups -OCH3 is 1. The van der Waals surface area contributed by atoms with Gasteiger partial charge in [-0.15, -0.1) is 0 Å². The summed E-state index contributed by atoms with van der Waals surface area (Å²) in [5, 5.41) is 2.82. The summed E-state index contributed by atoms with van der Waals surface area (Å²) in [5.41, 5.74) is 2.75. The van der Waals surface area contributed by atoms with Gasteiger partial charge in [-0.05, 0) is 63.5 Å². The van der Waals surface area contributed by atoms with Crippen LogP contribution in [0.3, 0.4) is 0 Å². The molecule has 4 aromatic heterocycles. The third-order valence-electron chi connectivity index (χ3n) is 8.09. The number of rotatable bonds is 10. The van der Waals surface area contributed by atoms with Gasteiger partial charge >= 0.3 is 0 Å². The summed E-state index contributed by atoms with van der Waals surface area (Å²) < 4.78 is 32.2. The second-order valence-corrected chi connectivity index (χ2v) is 13.3. The van der Waals surface area contributed by atoms with Crippen LogP contribution in [0, 0.1) is 5.92 Å². The molecule has 0 saturated heterocycles. The molecule has 0 amide bonds. The number of pyridine rings is 1. The zero-order valence-corrected chi connectivity index (χ0v) is 23.6. The number of nitrogens with one attached hydrogen (secondary N) is 1. The van der Waals surface area contributed by atoms with Gasteiger partial charge in [0.15, 0.2) is 27.1 Å². The van der Waals surface area contributed by atoms with Crippen molar-refractivity contribution < 1.29 is 13.2 Å². The predicted octanol–water partition coefficient (Wildman–Crippen LogP) is 3.44. The number of hydrogen-bond acceptors (Lipinski definition) is 11. The number of nitrogens with zero attached hydrogens (tertiary/aromatic N) is 7. The quantitative estimate of drug-likeness (QED) is 0.296. The Morgan fingerprint density at radius 1 is 1.02 bits per heavy atom. The molecule has 4 aromatic rings. The van der Waals surface area contributed by atoms with Crippen molar-refractivity contribution in [1.82, 2.24) is 34.5 Å². The Balaban J connectivity index is 1.25. The first kappa shape index (κ1) is 25.9. The Hall–Kier alpha value is -4.00. The van der Waals surface area contributed by atoms with E-state index in [1.165, 1.54) is 12.5 Å². The van der Waals surface area contributed by atoms with Crippen LogP contribution in [0.15, 0.2) is 40.5 Å². The minimum Gasteiger partial charge on any atom is -0.480 e. The van der Waals surface area contributed by atoms with E-state index in [9.17, 15) is 13.2 Å². The van der Waals surface area contributed by atoms with E-state index in [4.69, 9.17) is 9.72 Å². The smallest absolute Gasteiger partial charge is 0.295 e. The van der Waals surface area contributed by atoms with Crippen molar-refractivity contribution in [2.24, 2.45) is 5.92 Å². The number of ether oxygens (including phenoxy) is 1. The van der Waals surface area contributed by atoms with Crippen molar-refractivity contribution in [1.29, 1.82) is 0 Å². The minimum atomic E-state index is -3.31. The van der Waals surface area contributed by atoms with Crippen LogP contribution in [0.4, 0.5) is 5.82 Å². The molecule has 0 radical (unpaired) electrons. The molecule has 0 aromatic carbocycles. The predicted molar refractivity (Wildman–Crippen MR) is 150 cm³/mol. The monoisotopic (exact) mass is 574 g/mol. The lowest BCUT2D eigenvalue weighted by molar-refractivity contribution is 0.397. The Morgan fingerprint density at radius 2 is 1.83 bits per heavy atom. The van der Waals surface area contributed by atoms with Gasteiger partial charge in [0, 0.05) is 18.2 Å². The fourth-order valence-corrected chi connectivity index (χ4v) is 6.85. The van der Waals surface area contributed by atoms with E-state index in [0.717, 1.165) is 31.4 Å². The van der Waals surface area contributed by atoms with Crippen molar-refractivity contribution in [3.8, 4) is 17.3 Å². The van der Waals surface area contributed by atoms with Crippen LogP contribution in [0.5, 0.6) is 5.88 Å². The summed E-state index contributed by atoms with van der Waals surface area (Å²) in [6, 6.07) is 3.15. The molecule has 13 heteroatoms. The summed E-state index contributed by atoms with van der Waals surface area (Å²) in [4.78, 5) is 41.2. The fraction of sp³-hybridized carbons (Fsp3) is 0.464. The van der Waals surface area contributed by atoms with Gasteiger partial charge in [0.1, 0.15) is 17.4 Å². The second kappa shape index (κ2) is 9.82. The summed E-state index contributed by atoms with van der Waals surface area (Å²) >= 11 is 0. The lowest BCUT2D eigenvalue weighted by Gasteiger charge is -2.19. The molecule has 12 nitrogen and oxygen atoms in total. The van der Waals surface area contributed by atoms with E-state index < -0.39 is 9.84 Å². The molecule has 3 saturated carbocycles. The molecule has 1 atom stereocenters. The highest BCUT2D eigenvalue weighted by atomic mass is 32.2. The molecule has 1 unspecified atom stereocenters. The van der Waals surface area contributed by atoms with Crippen LogP contribution in [0.25, 0.3) is 22.6 Å². The highest BCUT2D eigenvalue weighted by Gasteiger charge is 2.37. The zero-order chi connectivity index (χ0) is 28.3. The van der Waals surface area contributed by atoms with Crippen LogP contribution in [0.2, 0.25) is 0 Å². The molecule has 3 aliphatic rings. The van der Waals surface area contributed by atoms with Gasteiger partial charge in [-0.3, -0.25) is 14.3 Å². The maximum Gasteiger partial charge on any atom is 0.295 e. The molecular formula is C28H30N8O4S. The standard InChI is InChI=1S/C28H30N8O4S/c1-15(16-3-4-16)36-26-21(13-31-24(35-26)22-23(17-5-6-17)32-14-33-27(22)40-2)34-25(28(36)37)30-11-18-7-8-20(12-29-18)41(38,39)19-9-10-19/h7-8,12-17,19H,3-6,9-11H2,1-2H3,(H,30,34). The summed E-state index contributed by atoms with van der Waals surface area (Å²) in [6.07, 6.45) is 10.1. The molecule has 0 bridgehead atoms. The SMILES string of the molecule is COc1ncnc(C2CC2)c1-c1ncc2nc(NCc3ccc(S(=O)(=O)C4CC4)cn3)c(=O)n(C(C)C3CC3)c2n1. The molecular weight excluding hydrogens is 544 g/mol. The number of aromatic nitrogens is 7. The average molecular weight is 575 g/mol. The molecule has 4 heterocycles. The normalized spacial score (nSPS) is 17.9. The van der Waals surface area contributed by atoms with Gasteiger partial charge in [-0.1, -0.05) is 0 Å². The van der Waals surface area contributed by atoms with Gasteiger partial charge in [0.05, 0.1) is 41.4 Å². The number of sulfone groups is 1.